The van der Waals surface area contributed by atoms with E-state index in [2.05, 4.69) is 9.47 Å². The van der Waals surface area contributed by atoms with Crippen LogP contribution in [0, 0.1) is 0 Å². The highest BCUT2D eigenvalue weighted by molar-refractivity contribution is 5.75. The lowest BCUT2D eigenvalue weighted by Crippen LogP contribution is -2.37. The first-order chi connectivity index (χ1) is 5.39. The van der Waals surface area contributed by atoms with E-state index in [1.54, 1.807) is 0 Å². The average molecular weight is 174 g/mol. The molecule has 0 rings (SSSR count). The molecule has 0 atom stereocenters. The monoisotopic (exact) mass is 174 g/mol. The van der Waals surface area contributed by atoms with Crippen LogP contribution in [-0.4, -0.2) is 24.0 Å². The third kappa shape index (κ3) is 3.70. The lowest BCUT2D eigenvalue weighted by molar-refractivity contribution is -0.212. The standard InChI is InChI=1S/C7H10O5/c1-5(9)11-7(3,4-8)12-6(2)10/h4H,1-3H3. The average Bonchev–Trinajstić information content (AvgIpc) is 1.83. The summed E-state index contributed by atoms with van der Waals surface area (Å²) in [5.74, 6) is -3.17. The second kappa shape index (κ2) is 3.85. The number of ether oxygens (including phenoxy) is 2. The molecule has 0 aromatic carbocycles. The second-order valence-electron chi connectivity index (χ2n) is 2.32. The van der Waals surface area contributed by atoms with Gasteiger partial charge < -0.3 is 9.47 Å². The molecule has 0 aliphatic rings. The predicted octanol–water partition coefficient (Wildman–Crippen LogP) is 0.0277. The van der Waals surface area contributed by atoms with Crippen LogP contribution in [0.3, 0.4) is 0 Å². The van der Waals surface area contributed by atoms with E-state index in [0.717, 1.165) is 13.8 Å². The van der Waals surface area contributed by atoms with Gasteiger partial charge in [-0.3, -0.25) is 14.4 Å². The van der Waals surface area contributed by atoms with Gasteiger partial charge in [0, 0.05) is 20.8 Å². The first-order valence-corrected chi connectivity index (χ1v) is 3.25. The Labute approximate surface area is 69.6 Å². The fourth-order valence-electron chi connectivity index (χ4n) is 0.640. The molecule has 0 aromatic rings. The Hall–Kier alpha value is -1.39. The third-order valence-electron chi connectivity index (χ3n) is 0.907. The Morgan fingerprint density at radius 2 is 1.50 bits per heavy atom. The summed E-state index contributed by atoms with van der Waals surface area (Å²) in [5, 5.41) is 0. The van der Waals surface area contributed by atoms with Gasteiger partial charge in [0.25, 0.3) is 0 Å². The summed E-state index contributed by atoms with van der Waals surface area (Å²) in [7, 11) is 0. The van der Waals surface area contributed by atoms with Crippen LogP contribution in [0.25, 0.3) is 0 Å². The molecule has 12 heavy (non-hydrogen) atoms. The van der Waals surface area contributed by atoms with Crippen molar-refractivity contribution in [3.05, 3.63) is 0 Å². The van der Waals surface area contributed by atoms with Crippen molar-refractivity contribution in [1.29, 1.82) is 0 Å². The fraction of sp³-hybridized carbons (Fsp3) is 0.571. The molecule has 0 heterocycles. The zero-order valence-electron chi connectivity index (χ0n) is 7.12. The van der Waals surface area contributed by atoms with E-state index in [0.29, 0.717) is 0 Å². The van der Waals surface area contributed by atoms with Crippen LogP contribution in [0.4, 0.5) is 0 Å². The van der Waals surface area contributed by atoms with Gasteiger partial charge in [0.05, 0.1) is 0 Å². The molecule has 0 saturated carbocycles. The van der Waals surface area contributed by atoms with E-state index < -0.39 is 17.7 Å². The highest BCUT2D eigenvalue weighted by Gasteiger charge is 2.30. The molecule has 0 aliphatic heterocycles. The maximum atomic E-state index is 10.4. The van der Waals surface area contributed by atoms with Gasteiger partial charge in [-0.1, -0.05) is 0 Å². The Morgan fingerprint density at radius 3 is 1.67 bits per heavy atom. The molecule has 0 unspecified atom stereocenters. The van der Waals surface area contributed by atoms with Crippen LogP contribution in [0.5, 0.6) is 0 Å². The molecule has 0 aliphatic carbocycles. The van der Waals surface area contributed by atoms with Crippen LogP contribution < -0.4 is 0 Å². The highest BCUT2D eigenvalue weighted by Crippen LogP contribution is 2.09. The molecular weight excluding hydrogens is 164 g/mol. The molecule has 0 saturated heterocycles. The Balaban J connectivity index is 4.33. The fourth-order valence-corrected chi connectivity index (χ4v) is 0.640. The van der Waals surface area contributed by atoms with Crippen LogP contribution in [0.1, 0.15) is 20.8 Å². The number of rotatable bonds is 3. The first-order valence-electron chi connectivity index (χ1n) is 3.25. The summed E-state index contributed by atoms with van der Waals surface area (Å²) >= 11 is 0. The van der Waals surface area contributed by atoms with Crippen LogP contribution >= 0.6 is 0 Å². The van der Waals surface area contributed by atoms with Crippen LogP contribution in [-0.2, 0) is 23.9 Å². The van der Waals surface area contributed by atoms with E-state index in [1.165, 1.54) is 6.92 Å². The molecule has 0 fully saturated rings. The molecule has 68 valence electrons. The normalized spacial score (nSPS) is 10.2. The Bertz CT molecular complexity index is 192. The molecule has 0 radical (unpaired) electrons. The minimum Gasteiger partial charge on any atom is -0.416 e. The van der Waals surface area contributed by atoms with Gasteiger partial charge in [0.15, 0.2) is 0 Å². The SMILES string of the molecule is CC(=O)OC(C)(C=O)OC(C)=O. The van der Waals surface area contributed by atoms with E-state index >= 15 is 0 Å². The zero-order valence-corrected chi connectivity index (χ0v) is 7.12. The van der Waals surface area contributed by atoms with Gasteiger partial charge in [-0.2, -0.15) is 0 Å². The molecule has 0 bridgehead atoms. The van der Waals surface area contributed by atoms with Crippen molar-refractivity contribution < 1.29 is 23.9 Å². The lowest BCUT2D eigenvalue weighted by atomic mass is 10.3. The summed E-state index contributed by atoms with van der Waals surface area (Å²) in [5.41, 5.74) is 0. The maximum absolute atomic E-state index is 10.4. The maximum Gasteiger partial charge on any atom is 0.310 e. The highest BCUT2D eigenvalue weighted by atomic mass is 16.7. The van der Waals surface area contributed by atoms with Gasteiger partial charge in [0.2, 0.25) is 6.29 Å². The van der Waals surface area contributed by atoms with Crippen molar-refractivity contribution in [2.45, 2.75) is 26.6 Å². The van der Waals surface area contributed by atoms with Crippen molar-refractivity contribution in [2.75, 3.05) is 0 Å². The molecule has 0 amide bonds. The Kier molecular flexibility index (Phi) is 3.40. The van der Waals surface area contributed by atoms with Crippen LogP contribution in [0.2, 0.25) is 0 Å². The Morgan fingerprint density at radius 1 is 1.17 bits per heavy atom. The molecule has 5 heteroatoms. The topological polar surface area (TPSA) is 69.7 Å². The largest absolute Gasteiger partial charge is 0.416 e. The second-order valence-corrected chi connectivity index (χ2v) is 2.32. The number of esters is 2. The first kappa shape index (κ1) is 10.6. The summed E-state index contributed by atoms with van der Waals surface area (Å²) in [6, 6.07) is 0. The summed E-state index contributed by atoms with van der Waals surface area (Å²) in [6.07, 6.45) is 0.246. The molecular formula is C7H10O5. The van der Waals surface area contributed by atoms with E-state index in [4.69, 9.17) is 0 Å². The van der Waals surface area contributed by atoms with E-state index in [1.807, 2.05) is 0 Å². The quantitative estimate of drug-likeness (QED) is 0.343. The smallest absolute Gasteiger partial charge is 0.310 e. The summed E-state index contributed by atoms with van der Waals surface area (Å²) in [4.78, 5) is 31.2. The number of aldehydes is 1. The molecule has 0 aromatic heterocycles. The minimum absolute atomic E-state index is 0.246. The van der Waals surface area contributed by atoms with Crippen LogP contribution in [0.15, 0.2) is 0 Å². The summed E-state index contributed by atoms with van der Waals surface area (Å²) < 4.78 is 8.90. The number of hydrogen-bond donors (Lipinski definition) is 0. The van der Waals surface area contributed by atoms with E-state index in [-0.39, 0.29) is 6.29 Å². The van der Waals surface area contributed by atoms with Crippen molar-refractivity contribution in [2.24, 2.45) is 0 Å². The van der Waals surface area contributed by atoms with Crippen molar-refractivity contribution in [1.82, 2.24) is 0 Å². The van der Waals surface area contributed by atoms with Gasteiger partial charge >= 0.3 is 17.7 Å². The van der Waals surface area contributed by atoms with Gasteiger partial charge in [-0.05, 0) is 0 Å². The number of carbonyl (C=O) groups excluding carboxylic acids is 3. The van der Waals surface area contributed by atoms with Crippen molar-refractivity contribution in [3.8, 4) is 0 Å². The number of carbonyl (C=O) groups is 3. The summed E-state index contributed by atoms with van der Waals surface area (Å²) in [6.45, 7) is 3.42. The van der Waals surface area contributed by atoms with Gasteiger partial charge in [0.1, 0.15) is 0 Å². The molecule has 5 nitrogen and oxygen atoms in total. The molecule has 0 N–H and O–H groups in total. The lowest BCUT2D eigenvalue weighted by Gasteiger charge is -2.21. The van der Waals surface area contributed by atoms with Gasteiger partial charge in [-0.15, -0.1) is 0 Å². The van der Waals surface area contributed by atoms with Gasteiger partial charge in [-0.25, -0.2) is 0 Å². The zero-order chi connectivity index (χ0) is 9.78. The third-order valence-corrected chi connectivity index (χ3v) is 0.907. The number of hydrogen-bond acceptors (Lipinski definition) is 5. The van der Waals surface area contributed by atoms with Crippen molar-refractivity contribution in [3.63, 3.8) is 0 Å². The molecule has 0 spiro atoms. The van der Waals surface area contributed by atoms with E-state index in [9.17, 15) is 14.4 Å². The van der Waals surface area contributed by atoms with Crippen molar-refractivity contribution >= 4 is 18.2 Å². The predicted molar refractivity (Wildman–Crippen MR) is 38.0 cm³/mol. The minimum atomic E-state index is -1.79.